The Kier molecular flexibility index (Phi) is 2.08. The first-order valence-electron chi connectivity index (χ1n) is 4.00. The molecule has 76 valence electrons. The van der Waals surface area contributed by atoms with E-state index in [0.29, 0.717) is 0 Å². The molecule has 0 amide bonds. The lowest BCUT2D eigenvalue weighted by Crippen LogP contribution is -1.89. The molecule has 0 bridgehead atoms. The molecular formula is C9H4F3N3. The number of hydrogen-bond donors (Lipinski definition) is 1. The maximum Gasteiger partial charge on any atom is 0.280 e. The molecule has 0 fully saturated rings. The molecule has 0 saturated carbocycles. The standard InChI is InChI=1S/C9H4F3N3/c10-7-4(3-13)1-2-5-6(7)8(9(11)12)15-14-5/h1-2,9H,(H,14,15). The zero-order valence-corrected chi connectivity index (χ0v) is 7.26. The van der Waals surface area contributed by atoms with Gasteiger partial charge in [-0.15, -0.1) is 0 Å². The van der Waals surface area contributed by atoms with E-state index in [1.54, 1.807) is 6.07 Å². The molecule has 0 aliphatic carbocycles. The SMILES string of the molecule is N#Cc1ccc2n[nH]c(C(F)F)c2c1F. The van der Waals surface area contributed by atoms with Gasteiger partial charge in [-0.3, -0.25) is 5.10 Å². The van der Waals surface area contributed by atoms with Crippen LogP contribution in [0.2, 0.25) is 0 Å². The smallest absolute Gasteiger partial charge is 0.275 e. The van der Waals surface area contributed by atoms with Crippen LogP contribution in [0, 0.1) is 17.1 Å². The number of hydrogen-bond acceptors (Lipinski definition) is 2. The van der Waals surface area contributed by atoms with Crippen LogP contribution in [0.25, 0.3) is 10.9 Å². The van der Waals surface area contributed by atoms with Crippen molar-refractivity contribution in [2.45, 2.75) is 6.43 Å². The lowest BCUT2D eigenvalue weighted by molar-refractivity contribution is 0.147. The maximum absolute atomic E-state index is 13.5. The van der Waals surface area contributed by atoms with Crippen molar-refractivity contribution in [1.82, 2.24) is 10.2 Å². The number of aromatic nitrogens is 2. The number of nitriles is 1. The molecule has 0 aliphatic heterocycles. The zero-order chi connectivity index (χ0) is 11.0. The highest BCUT2D eigenvalue weighted by atomic mass is 19.3. The van der Waals surface area contributed by atoms with E-state index in [4.69, 9.17) is 5.26 Å². The summed E-state index contributed by atoms with van der Waals surface area (Å²) in [6, 6.07) is 4.10. The maximum atomic E-state index is 13.5. The topological polar surface area (TPSA) is 52.5 Å². The number of alkyl halides is 2. The predicted molar refractivity (Wildman–Crippen MR) is 45.7 cm³/mol. The third-order valence-electron chi connectivity index (χ3n) is 2.02. The summed E-state index contributed by atoms with van der Waals surface area (Å²) in [4.78, 5) is 0. The largest absolute Gasteiger partial charge is 0.280 e. The normalized spacial score (nSPS) is 10.9. The number of H-pyrrole nitrogens is 1. The van der Waals surface area contributed by atoms with Gasteiger partial charge < -0.3 is 0 Å². The Labute approximate surface area is 82.1 Å². The van der Waals surface area contributed by atoms with E-state index in [0.717, 1.165) is 0 Å². The highest BCUT2D eigenvalue weighted by Gasteiger charge is 2.19. The Morgan fingerprint density at radius 2 is 2.13 bits per heavy atom. The molecule has 0 atom stereocenters. The Balaban J connectivity index is 2.83. The van der Waals surface area contributed by atoms with Gasteiger partial charge in [-0.2, -0.15) is 10.4 Å². The summed E-state index contributed by atoms with van der Waals surface area (Å²) >= 11 is 0. The zero-order valence-electron chi connectivity index (χ0n) is 7.26. The molecule has 2 aromatic rings. The van der Waals surface area contributed by atoms with Crippen molar-refractivity contribution in [3.63, 3.8) is 0 Å². The van der Waals surface area contributed by atoms with E-state index in [2.05, 4.69) is 10.2 Å². The van der Waals surface area contributed by atoms with E-state index in [-0.39, 0.29) is 16.5 Å². The molecule has 15 heavy (non-hydrogen) atoms. The van der Waals surface area contributed by atoms with Crippen LogP contribution in [-0.2, 0) is 0 Å². The van der Waals surface area contributed by atoms with Gasteiger partial charge in [-0.05, 0) is 12.1 Å². The number of nitrogens with zero attached hydrogens (tertiary/aromatic N) is 2. The summed E-state index contributed by atoms with van der Waals surface area (Å²) in [5.41, 5.74) is -0.785. The summed E-state index contributed by atoms with van der Waals surface area (Å²) in [5, 5.41) is 13.8. The minimum absolute atomic E-state index is 0.0850. The molecule has 6 heteroatoms. The monoisotopic (exact) mass is 211 g/mol. The molecule has 2 rings (SSSR count). The highest BCUT2D eigenvalue weighted by molar-refractivity contribution is 5.83. The Morgan fingerprint density at radius 1 is 1.40 bits per heavy atom. The molecule has 3 nitrogen and oxygen atoms in total. The molecular weight excluding hydrogens is 207 g/mol. The number of aromatic amines is 1. The van der Waals surface area contributed by atoms with Gasteiger partial charge in [0.25, 0.3) is 6.43 Å². The summed E-state index contributed by atoms with van der Waals surface area (Å²) < 4.78 is 38.4. The van der Waals surface area contributed by atoms with Crippen LogP contribution < -0.4 is 0 Å². The second-order valence-electron chi connectivity index (χ2n) is 2.87. The highest BCUT2D eigenvalue weighted by Crippen LogP contribution is 2.28. The first kappa shape index (κ1) is 9.52. The Hall–Kier alpha value is -2.03. The fraction of sp³-hybridized carbons (Fsp3) is 0.111. The average molecular weight is 211 g/mol. The fourth-order valence-electron chi connectivity index (χ4n) is 1.34. The van der Waals surface area contributed by atoms with Gasteiger partial charge in [-0.25, -0.2) is 13.2 Å². The number of fused-ring (bicyclic) bond motifs is 1. The van der Waals surface area contributed by atoms with Crippen molar-refractivity contribution in [3.8, 4) is 6.07 Å². The quantitative estimate of drug-likeness (QED) is 0.787. The third-order valence-corrected chi connectivity index (χ3v) is 2.02. The third kappa shape index (κ3) is 1.32. The van der Waals surface area contributed by atoms with Crippen molar-refractivity contribution in [1.29, 1.82) is 5.26 Å². The van der Waals surface area contributed by atoms with E-state index in [1.165, 1.54) is 12.1 Å². The molecule has 1 heterocycles. The molecule has 0 spiro atoms. The predicted octanol–water partition coefficient (Wildman–Crippen LogP) is 2.51. The lowest BCUT2D eigenvalue weighted by Gasteiger charge is -1.98. The minimum Gasteiger partial charge on any atom is -0.275 e. The number of rotatable bonds is 1. The lowest BCUT2D eigenvalue weighted by atomic mass is 10.1. The van der Waals surface area contributed by atoms with Crippen molar-refractivity contribution in [2.24, 2.45) is 0 Å². The minimum atomic E-state index is -2.85. The van der Waals surface area contributed by atoms with Crippen LogP contribution in [0.15, 0.2) is 12.1 Å². The van der Waals surface area contributed by atoms with Gasteiger partial charge in [0, 0.05) is 0 Å². The Bertz CT molecular complexity index is 553. The first-order chi connectivity index (χ1) is 7.15. The van der Waals surface area contributed by atoms with Crippen LogP contribution in [0.5, 0.6) is 0 Å². The summed E-state index contributed by atoms with van der Waals surface area (Å²) in [7, 11) is 0. The molecule has 0 radical (unpaired) electrons. The van der Waals surface area contributed by atoms with E-state index >= 15 is 0 Å². The van der Waals surface area contributed by atoms with Crippen LogP contribution in [0.3, 0.4) is 0 Å². The van der Waals surface area contributed by atoms with Gasteiger partial charge >= 0.3 is 0 Å². The summed E-state index contributed by atoms with van der Waals surface area (Å²) in [6.45, 7) is 0. The molecule has 1 aromatic carbocycles. The molecule has 0 unspecified atom stereocenters. The van der Waals surface area contributed by atoms with Crippen LogP contribution in [0.4, 0.5) is 13.2 Å². The average Bonchev–Trinajstić information content (AvgIpc) is 2.63. The van der Waals surface area contributed by atoms with Gasteiger partial charge in [0.05, 0.1) is 16.5 Å². The van der Waals surface area contributed by atoms with E-state index in [9.17, 15) is 13.2 Å². The second kappa shape index (κ2) is 3.28. The summed E-state index contributed by atoms with van der Waals surface area (Å²) in [6.07, 6.45) is -2.85. The van der Waals surface area contributed by atoms with Crippen molar-refractivity contribution in [3.05, 3.63) is 29.2 Å². The fourth-order valence-corrected chi connectivity index (χ4v) is 1.34. The van der Waals surface area contributed by atoms with Gasteiger partial charge in [0.15, 0.2) is 5.82 Å². The van der Waals surface area contributed by atoms with Crippen molar-refractivity contribution < 1.29 is 13.2 Å². The number of nitrogens with one attached hydrogen (secondary N) is 1. The summed E-state index contributed by atoms with van der Waals surface area (Å²) in [5.74, 6) is -0.959. The van der Waals surface area contributed by atoms with Crippen LogP contribution in [0.1, 0.15) is 17.7 Å². The Morgan fingerprint density at radius 3 is 2.73 bits per heavy atom. The van der Waals surface area contributed by atoms with Crippen LogP contribution in [-0.4, -0.2) is 10.2 Å². The molecule has 0 saturated heterocycles. The van der Waals surface area contributed by atoms with Gasteiger partial charge in [-0.1, -0.05) is 0 Å². The molecule has 1 N–H and O–H groups in total. The first-order valence-corrected chi connectivity index (χ1v) is 4.00. The number of halogens is 3. The van der Waals surface area contributed by atoms with Gasteiger partial charge in [0.2, 0.25) is 0 Å². The van der Waals surface area contributed by atoms with Crippen molar-refractivity contribution >= 4 is 10.9 Å². The molecule has 1 aromatic heterocycles. The van der Waals surface area contributed by atoms with Gasteiger partial charge in [0.1, 0.15) is 11.8 Å². The number of benzene rings is 1. The molecule has 0 aliphatic rings. The van der Waals surface area contributed by atoms with E-state index in [1.807, 2.05) is 0 Å². The van der Waals surface area contributed by atoms with Crippen LogP contribution >= 0.6 is 0 Å². The van der Waals surface area contributed by atoms with E-state index < -0.39 is 17.9 Å². The second-order valence-corrected chi connectivity index (χ2v) is 2.87. The van der Waals surface area contributed by atoms with Crippen molar-refractivity contribution in [2.75, 3.05) is 0 Å².